The Hall–Kier alpha value is -1.06. The van der Waals surface area contributed by atoms with Crippen LogP contribution in [0.2, 0.25) is 0 Å². The molecule has 0 rings (SSSR count). The number of rotatable bonds is 0. The molecule has 0 aliphatic rings. The molecule has 0 aromatic carbocycles. The van der Waals surface area contributed by atoms with E-state index >= 15 is 0 Å². The number of aliphatic hydroxyl groups excluding tert-OH is 1. The smallest absolute Gasteiger partial charge is 0.397 e. The van der Waals surface area contributed by atoms with E-state index in [4.69, 9.17) is 51.1 Å². The van der Waals surface area contributed by atoms with Crippen LogP contribution in [0.1, 0.15) is 6.92 Å². The molecule has 0 aromatic heterocycles. The van der Waals surface area contributed by atoms with Gasteiger partial charge in [-0.15, -0.1) is 0 Å². The second-order valence-corrected chi connectivity index (χ2v) is 0.987. The Bertz CT molecular complexity index is 133. The van der Waals surface area contributed by atoms with E-state index in [1.54, 1.807) is 6.92 Å². The van der Waals surface area contributed by atoms with Crippen LogP contribution in [0.5, 0.6) is 0 Å². The topological polar surface area (TPSA) is 219 Å². The summed E-state index contributed by atoms with van der Waals surface area (Å²) in [4.78, 5) is 24.8. The van der Waals surface area contributed by atoms with Crippen molar-refractivity contribution < 1.29 is 62.1 Å². The van der Waals surface area contributed by atoms with Crippen molar-refractivity contribution in [3.05, 3.63) is 46.0 Å². The van der Waals surface area contributed by atoms with Gasteiger partial charge in [-0.05, 0) is 6.92 Å². The molecule has 0 aliphatic carbocycles. The summed E-state index contributed by atoms with van der Waals surface area (Å²) in [7, 11) is 0. The largest absolute Gasteiger partial charge is 3.00 e. The molecule has 0 amide bonds. The maximum absolute atomic E-state index is 8.25. The minimum Gasteiger partial charge on any atom is -0.397 e. The molecule has 0 spiro atoms. The summed E-state index contributed by atoms with van der Waals surface area (Å²) >= 11 is 0. The van der Waals surface area contributed by atoms with E-state index in [2.05, 4.69) is 0 Å². The number of nitrogens with zero attached hydrogens (tertiary/aromatic N) is 3. The van der Waals surface area contributed by atoms with Crippen molar-refractivity contribution >= 4 is 0 Å². The molecule has 1 radical (unpaired) electrons. The van der Waals surface area contributed by atoms with Gasteiger partial charge in [0.2, 0.25) is 0 Å². The Labute approximate surface area is 121 Å². The van der Waals surface area contributed by atoms with E-state index in [-0.39, 0.29) is 48.4 Å². The molecule has 93 valence electrons. The van der Waals surface area contributed by atoms with Crippen molar-refractivity contribution in [1.29, 1.82) is 0 Å². The minimum atomic E-state index is -1.75. The fourth-order valence-electron chi connectivity index (χ4n) is 0. The normalized spacial score (nSPS) is 5.62. The van der Waals surface area contributed by atoms with Crippen molar-refractivity contribution in [2.45, 2.75) is 6.92 Å². The van der Waals surface area contributed by atoms with Crippen LogP contribution in [0.15, 0.2) is 0 Å². The molecule has 14 heteroatoms. The van der Waals surface area contributed by atoms with Gasteiger partial charge >= 0.3 is 41.7 Å². The van der Waals surface area contributed by atoms with Crippen molar-refractivity contribution in [3.63, 3.8) is 0 Å². The first kappa shape index (κ1) is 29.4. The molecule has 0 aromatic rings. The maximum atomic E-state index is 8.25. The van der Waals surface area contributed by atoms with Crippen molar-refractivity contribution in [2.24, 2.45) is 0 Å². The number of hydrogen-bond acceptors (Lipinski definition) is 10. The number of hydrogen-bond donors (Lipinski definition) is 1. The third-order valence-corrected chi connectivity index (χ3v) is 0. The average molecular weight is 372 g/mol. The summed E-state index contributed by atoms with van der Waals surface area (Å²) in [5.41, 5.74) is 0. The summed E-state index contributed by atoms with van der Waals surface area (Å²) in [5, 5.41) is 51.8. The van der Waals surface area contributed by atoms with E-state index in [9.17, 15) is 0 Å². The molecule has 16 heavy (non-hydrogen) atoms. The van der Waals surface area contributed by atoms with Gasteiger partial charge in [-0.3, -0.25) is 0 Å². The zero-order valence-electron chi connectivity index (χ0n) is 7.67. The molecule has 0 bridgehead atoms. The summed E-state index contributed by atoms with van der Waals surface area (Å²) in [6, 6.07) is 0. The van der Waals surface area contributed by atoms with Crippen molar-refractivity contribution in [1.82, 2.24) is 0 Å². The second-order valence-electron chi connectivity index (χ2n) is 0.987. The molecule has 0 atom stereocenters. The molecule has 0 unspecified atom stereocenters. The summed E-state index contributed by atoms with van der Waals surface area (Å²) in [5.74, 6) is 0. The molecule has 0 saturated heterocycles. The van der Waals surface area contributed by atoms with Gasteiger partial charge < -0.3 is 51.1 Å². The number of aliphatic hydroxyl groups is 1. The van der Waals surface area contributed by atoms with Gasteiger partial charge in [-0.25, -0.2) is 0 Å². The Morgan fingerprint density at radius 2 is 0.812 bits per heavy atom. The minimum absolute atomic E-state index is 0. The molecule has 0 saturated carbocycles. The van der Waals surface area contributed by atoms with Crippen molar-refractivity contribution in [2.75, 3.05) is 6.61 Å². The molecular weight excluding hydrogens is 366 g/mol. The van der Waals surface area contributed by atoms with E-state index in [1.807, 2.05) is 0 Å². The van der Waals surface area contributed by atoms with E-state index in [1.165, 1.54) is 0 Å². The van der Waals surface area contributed by atoms with Gasteiger partial charge in [0.15, 0.2) is 0 Å². The molecule has 1 N–H and O–H groups in total. The second kappa shape index (κ2) is 29.2. The van der Waals surface area contributed by atoms with Crippen LogP contribution in [0, 0.1) is 87.7 Å². The first-order chi connectivity index (χ1) is 6.61. The van der Waals surface area contributed by atoms with Crippen molar-refractivity contribution in [3.8, 4) is 0 Å². The summed E-state index contributed by atoms with van der Waals surface area (Å²) in [6.45, 7) is 1.93. The van der Waals surface area contributed by atoms with E-state index < -0.39 is 15.3 Å². The van der Waals surface area contributed by atoms with Gasteiger partial charge in [-0.1, -0.05) is 0 Å². The van der Waals surface area contributed by atoms with Gasteiger partial charge in [0.25, 0.3) is 0 Å². The van der Waals surface area contributed by atoms with Crippen LogP contribution >= 0.6 is 0 Å². The van der Waals surface area contributed by atoms with Gasteiger partial charge in [0.05, 0.1) is 15.3 Å². The zero-order chi connectivity index (χ0) is 13.4. The SMILES string of the molecule is CCO.O=[N+]([O-])[O-].O=[N+]([O-])[O-].O=[N+]([O-])[O-].[Ce+3]. The van der Waals surface area contributed by atoms with E-state index in [0.717, 1.165) is 0 Å². The summed E-state index contributed by atoms with van der Waals surface area (Å²) in [6.07, 6.45) is 0. The zero-order valence-corrected chi connectivity index (χ0v) is 10.8. The maximum Gasteiger partial charge on any atom is 3.00 e. The Morgan fingerprint density at radius 1 is 0.812 bits per heavy atom. The Morgan fingerprint density at radius 3 is 0.812 bits per heavy atom. The van der Waals surface area contributed by atoms with Crippen LogP contribution in [0.25, 0.3) is 0 Å². The fourth-order valence-corrected chi connectivity index (χ4v) is 0. The Balaban J connectivity index is -0.0000000331. The van der Waals surface area contributed by atoms with Gasteiger partial charge in [0.1, 0.15) is 0 Å². The monoisotopic (exact) mass is 372 g/mol. The first-order valence-corrected chi connectivity index (χ1v) is 2.67. The van der Waals surface area contributed by atoms with Crippen LogP contribution in [0.3, 0.4) is 0 Å². The third kappa shape index (κ3) is 1630. The predicted molar refractivity (Wildman–Crippen MR) is 43.8 cm³/mol. The van der Waals surface area contributed by atoms with E-state index in [0.29, 0.717) is 0 Å². The standard InChI is InChI=1S/C2H6O.Ce.3NO3/c1-2-3;;3*2-1(3)4/h3H,2H2,1H3;;;;/q;+3;3*-1. The quantitative estimate of drug-likeness (QED) is 0.415. The van der Waals surface area contributed by atoms with Crippen LogP contribution in [0.4, 0.5) is 0 Å². The predicted octanol–water partition coefficient (Wildman–Crippen LogP) is -0.719. The van der Waals surface area contributed by atoms with Crippen LogP contribution < -0.4 is 0 Å². The van der Waals surface area contributed by atoms with Gasteiger partial charge in [0, 0.05) is 6.61 Å². The third-order valence-electron chi connectivity index (χ3n) is 0. The Kier molecular flexibility index (Phi) is 53.6. The molecular formula is C2H6CeN3O10. The van der Waals surface area contributed by atoms with Gasteiger partial charge in [-0.2, -0.15) is 0 Å². The fraction of sp³-hybridized carbons (Fsp3) is 1.00. The average Bonchev–Trinajstić information content (AvgIpc) is 1.81. The summed E-state index contributed by atoms with van der Waals surface area (Å²) < 4.78 is 0. The molecule has 0 heterocycles. The van der Waals surface area contributed by atoms with Crippen LogP contribution in [-0.2, 0) is 0 Å². The molecule has 0 aliphatic heterocycles. The van der Waals surface area contributed by atoms with Crippen LogP contribution in [-0.4, -0.2) is 27.0 Å². The first-order valence-electron chi connectivity index (χ1n) is 2.67. The molecule has 0 fully saturated rings. The molecule has 13 nitrogen and oxygen atoms in total.